The number of phenols is 1. The van der Waals surface area contributed by atoms with Crippen LogP contribution in [0.15, 0.2) is 36.4 Å². The first-order valence-electron chi connectivity index (χ1n) is 7.72. The number of nitrogens with zero attached hydrogens (tertiary/aromatic N) is 4. The van der Waals surface area contributed by atoms with E-state index in [4.69, 9.17) is 17.2 Å². The monoisotopic (exact) mass is 369 g/mol. The largest absolute Gasteiger partial charge is 0.504 e. The minimum atomic E-state index is -2.05. The normalized spacial score (nSPS) is 16.0. The van der Waals surface area contributed by atoms with Crippen LogP contribution in [0.4, 0.5) is 16.2 Å². The fourth-order valence-electron chi connectivity index (χ4n) is 2.63. The van der Waals surface area contributed by atoms with E-state index in [2.05, 4.69) is 20.9 Å². The van der Waals surface area contributed by atoms with Crippen molar-refractivity contribution in [3.8, 4) is 11.4 Å². The van der Waals surface area contributed by atoms with Crippen molar-refractivity contribution in [1.29, 1.82) is 0 Å². The molecule has 0 atom stereocenters. The Bertz CT molecular complexity index is 1060. The molecule has 1 aliphatic rings. The first-order chi connectivity index (χ1) is 12.8. The number of nitrogen functional groups attached to an aromatic ring is 1. The van der Waals surface area contributed by atoms with E-state index in [1.165, 1.54) is 16.9 Å². The molecule has 0 saturated carbocycles. The number of phenolic OH excluding ortho intramolecular Hbond substituents is 1. The maximum Gasteiger partial charge on any atom is 0.346 e. The van der Waals surface area contributed by atoms with Gasteiger partial charge in [0.1, 0.15) is 22.4 Å². The molecule has 0 aliphatic carbocycles. The molecule has 9 N–H and O–H groups in total. The SMILES string of the molecule is Nc1cc(NN2C(=O)NC(N)(N)C2=O)c(O)c(-n2nc3ccccc3n2)c1. The van der Waals surface area contributed by atoms with Crippen molar-refractivity contribution in [2.45, 2.75) is 5.79 Å². The number of carbonyl (C=O) groups is 2. The number of nitrogens with two attached hydrogens (primary N) is 3. The van der Waals surface area contributed by atoms with Crippen LogP contribution in [0.25, 0.3) is 16.7 Å². The minimum absolute atomic E-state index is 0.0347. The van der Waals surface area contributed by atoms with Crippen LogP contribution in [0.2, 0.25) is 0 Å². The molecule has 138 valence electrons. The van der Waals surface area contributed by atoms with Crippen molar-refractivity contribution in [3.05, 3.63) is 36.4 Å². The van der Waals surface area contributed by atoms with Gasteiger partial charge in [-0.1, -0.05) is 12.1 Å². The van der Waals surface area contributed by atoms with Gasteiger partial charge in [-0.3, -0.25) is 27.0 Å². The van der Waals surface area contributed by atoms with Crippen LogP contribution >= 0.6 is 0 Å². The maximum absolute atomic E-state index is 12.1. The number of benzene rings is 2. The number of imide groups is 1. The highest BCUT2D eigenvalue weighted by Crippen LogP contribution is 2.34. The van der Waals surface area contributed by atoms with Crippen molar-refractivity contribution in [1.82, 2.24) is 25.3 Å². The average Bonchev–Trinajstić information content (AvgIpc) is 3.11. The second kappa shape index (κ2) is 5.55. The Balaban J connectivity index is 1.75. The summed E-state index contributed by atoms with van der Waals surface area (Å²) in [7, 11) is 0. The van der Waals surface area contributed by atoms with Crippen LogP contribution in [0.3, 0.4) is 0 Å². The van der Waals surface area contributed by atoms with E-state index in [-0.39, 0.29) is 22.8 Å². The van der Waals surface area contributed by atoms with Crippen LogP contribution < -0.4 is 27.9 Å². The molecule has 12 heteroatoms. The lowest BCUT2D eigenvalue weighted by Gasteiger charge is -2.19. The highest BCUT2D eigenvalue weighted by Gasteiger charge is 2.46. The summed E-state index contributed by atoms with van der Waals surface area (Å²) >= 11 is 0. The van der Waals surface area contributed by atoms with Gasteiger partial charge in [-0.05, 0) is 24.3 Å². The van der Waals surface area contributed by atoms with Crippen molar-refractivity contribution < 1.29 is 14.7 Å². The predicted molar refractivity (Wildman–Crippen MR) is 95.0 cm³/mol. The predicted octanol–water partition coefficient (Wildman–Crippen LogP) is -0.842. The Labute approximate surface area is 151 Å². The average molecular weight is 369 g/mol. The smallest absolute Gasteiger partial charge is 0.346 e. The molecule has 3 amide bonds. The molecule has 3 aromatic rings. The van der Waals surface area contributed by atoms with Gasteiger partial charge in [0.2, 0.25) is 5.79 Å². The quantitative estimate of drug-likeness (QED) is 0.112. The zero-order chi connectivity index (χ0) is 19.3. The van der Waals surface area contributed by atoms with Gasteiger partial charge in [-0.25, -0.2) is 4.79 Å². The summed E-state index contributed by atoms with van der Waals surface area (Å²) in [4.78, 5) is 25.2. The Kier molecular flexibility index (Phi) is 3.41. The zero-order valence-electron chi connectivity index (χ0n) is 13.7. The molecule has 1 fully saturated rings. The Morgan fingerprint density at radius 2 is 1.74 bits per heavy atom. The van der Waals surface area contributed by atoms with Crippen molar-refractivity contribution in [3.63, 3.8) is 0 Å². The summed E-state index contributed by atoms with van der Waals surface area (Å²) in [5, 5.41) is 21.8. The number of aromatic hydroxyl groups is 1. The topological polar surface area (TPSA) is 190 Å². The van der Waals surface area contributed by atoms with Gasteiger partial charge in [0.25, 0.3) is 0 Å². The highest BCUT2D eigenvalue weighted by molar-refractivity contribution is 6.07. The number of hydrogen-bond donors (Lipinski definition) is 6. The van der Waals surface area contributed by atoms with Crippen molar-refractivity contribution >= 4 is 34.3 Å². The molecule has 12 nitrogen and oxygen atoms in total. The van der Waals surface area contributed by atoms with E-state index < -0.39 is 17.7 Å². The van der Waals surface area contributed by atoms with Crippen LogP contribution in [-0.4, -0.2) is 42.8 Å². The molecule has 27 heavy (non-hydrogen) atoms. The molecular formula is C15H15N9O3. The van der Waals surface area contributed by atoms with E-state index in [9.17, 15) is 14.7 Å². The molecule has 0 bridgehead atoms. The minimum Gasteiger partial charge on any atom is -0.504 e. The van der Waals surface area contributed by atoms with E-state index >= 15 is 0 Å². The Morgan fingerprint density at radius 3 is 2.30 bits per heavy atom. The lowest BCUT2D eigenvalue weighted by atomic mass is 10.2. The Hall–Kier alpha value is -3.90. The van der Waals surface area contributed by atoms with E-state index in [1.807, 2.05) is 0 Å². The first-order valence-corrected chi connectivity index (χ1v) is 7.72. The van der Waals surface area contributed by atoms with E-state index in [1.54, 1.807) is 24.3 Å². The fraction of sp³-hybridized carbons (Fsp3) is 0.0667. The summed E-state index contributed by atoms with van der Waals surface area (Å²) in [6.07, 6.45) is 0. The molecule has 1 aliphatic heterocycles. The molecule has 0 unspecified atom stereocenters. The van der Waals surface area contributed by atoms with Crippen LogP contribution in [0.1, 0.15) is 0 Å². The van der Waals surface area contributed by atoms with E-state index in [0.717, 1.165) is 0 Å². The van der Waals surface area contributed by atoms with Crippen LogP contribution in [-0.2, 0) is 4.79 Å². The van der Waals surface area contributed by atoms with Crippen molar-refractivity contribution in [2.24, 2.45) is 11.5 Å². The van der Waals surface area contributed by atoms with E-state index in [0.29, 0.717) is 16.0 Å². The molecule has 0 spiro atoms. The van der Waals surface area contributed by atoms with Crippen LogP contribution in [0, 0.1) is 0 Å². The van der Waals surface area contributed by atoms with Gasteiger partial charge >= 0.3 is 11.9 Å². The third-order valence-electron chi connectivity index (χ3n) is 3.92. The third-order valence-corrected chi connectivity index (χ3v) is 3.92. The highest BCUT2D eigenvalue weighted by atomic mass is 16.3. The summed E-state index contributed by atoms with van der Waals surface area (Å²) in [5.41, 5.74) is 20.9. The molecule has 1 saturated heterocycles. The number of anilines is 2. The zero-order valence-corrected chi connectivity index (χ0v) is 13.7. The molecule has 2 heterocycles. The van der Waals surface area contributed by atoms with Gasteiger partial charge in [0.05, 0.1) is 0 Å². The number of carbonyl (C=O) groups excluding carboxylic acids is 2. The number of urea groups is 1. The summed E-state index contributed by atoms with van der Waals surface area (Å²) < 4.78 is 0. The number of rotatable bonds is 3. The number of hydrazine groups is 1. The summed E-state index contributed by atoms with van der Waals surface area (Å²) in [6, 6.07) is 9.02. The molecular weight excluding hydrogens is 354 g/mol. The van der Waals surface area contributed by atoms with Crippen molar-refractivity contribution in [2.75, 3.05) is 11.2 Å². The second-order valence-corrected chi connectivity index (χ2v) is 5.97. The lowest BCUT2D eigenvalue weighted by molar-refractivity contribution is -0.130. The van der Waals surface area contributed by atoms with Crippen LogP contribution in [0.5, 0.6) is 5.75 Å². The third kappa shape index (κ3) is 2.65. The van der Waals surface area contributed by atoms with Gasteiger partial charge in [0, 0.05) is 5.69 Å². The van der Waals surface area contributed by atoms with Gasteiger partial charge < -0.3 is 10.8 Å². The first kappa shape index (κ1) is 16.6. The molecule has 2 aromatic carbocycles. The number of fused-ring (bicyclic) bond motifs is 1. The molecule has 4 rings (SSSR count). The Morgan fingerprint density at radius 1 is 1.11 bits per heavy atom. The summed E-state index contributed by atoms with van der Waals surface area (Å²) in [6.45, 7) is 0. The number of amides is 3. The van der Waals surface area contributed by atoms with Gasteiger partial charge in [-0.2, -0.15) is 5.01 Å². The number of hydrogen-bond acceptors (Lipinski definition) is 9. The standard InChI is InChI=1S/C15H15N9O3/c16-7-5-10(20-23-13(26)15(17,18)19-14(23)27)12(25)11(6-7)24-21-8-3-1-2-4-9(8)22-24/h1-6,20,25H,16-18H2,(H,19,27). The number of aromatic nitrogens is 3. The van der Waals surface area contributed by atoms with Gasteiger partial charge in [-0.15, -0.1) is 15.0 Å². The fourth-order valence-corrected chi connectivity index (χ4v) is 2.63. The lowest BCUT2D eigenvalue weighted by Crippen LogP contribution is -2.63. The maximum atomic E-state index is 12.1. The summed E-state index contributed by atoms with van der Waals surface area (Å²) in [5.74, 6) is -3.32. The molecule has 0 radical (unpaired) electrons. The number of nitrogens with one attached hydrogen (secondary N) is 2. The van der Waals surface area contributed by atoms with Gasteiger partial charge in [0.15, 0.2) is 5.75 Å². The second-order valence-electron chi connectivity index (χ2n) is 5.97. The molecule has 1 aromatic heterocycles.